The first-order valence-electron chi connectivity index (χ1n) is 5.20. The number of nitrogens with one attached hydrogen (secondary N) is 1. The Morgan fingerprint density at radius 2 is 2.31 bits per heavy atom. The average molecular weight is 222 g/mol. The van der Waals surface area contributed by atoms with Crippen LogP contribution in [-0.2, 0) is 7.05 Å². The largest absolute Gasteiger partial charge is 0.352 e. The molecular weight excluding hydrogens is 207 g/mol. The highest BCUT2D eigenvalue weighted by molar-refractivity contribution is 5.78. The van der Waals surface area contributed by atoms with E-state index in [9.17, 15) is 4.39 Å². The number of nitrogens with two attached hydrogens (primary N) is 1. The standard InChI is InChI=1S/C11H15FN4/c1-7(6-13)14-11-15-9-4-3-8(12)5-10(9)16(11)2/h3-5,7H,6,13H2,1-2H3,(H,14,15). The van der Waals surface area contributed by atoms with E-state index < -0.39 is 0 Å². The Morgan fingerprint density at radius 3 is 3.00 bits per heavy atom. The summed E-state index contributed by atoms with van der Waals surface area (Å²) in [7, 11) is 1.85. The molecule has 0 bridgehead atoms. The van der Waals surface area contributed by atoms with Crippen LogP contribution < -0.4 is 11.1 Å². The lowest BCUT2D eigenvalue weighted by Gasteiger charge is -2.11. The highest BCUT2D eigenvalue weighted by Crippen LogP contribution is 2.19. The van der Waals surface area contributed by atoms with E-state index in [1.807, 2.05) is 18.5 Å². The van der Waals surface area contributed by atoms with Gasteiger partial charge in [0.2, 0.25) is 5.95 Å². The summed E-state index contributed by atoms with van der Waals surface area (Å²) in [6, 6.07) is 4.69. The van der Waals surface area contributed by atoms with Crippen LogP contribution in [0, 0.1) is 5.82 Å². The van der Waals surface area contributed by atoms with Crippen LogP contribution in [0.4, 0.5) is 10.3 Å². The molecule has 4 nitrogen and oxygen atoms in total. The molecule has 1 atom stereocenters. The predicted octanol–water partition coefficient (Wildman–Crippen LogP) is 1.47. The molecule has 0 saturated heterocycles. The van der Waals surface area contributed by atoms with Crippen LogP contribution in [0.1, 0.15) is 6.92 Å². The second-order valence-corrected chi connectivity index (χ2v) is 3.91. The summed E-state index contributed by atoms with van der Waals surface area (Å²) in [6.07, 6.45) is 0. The van der Waals surface area contributed by atoms with E-state index in [-0.39, 0.29) is 11.9 Å². The minimum atomic E-state index is -0.256. The fourth-order valence-electron chi connectivity index (χ4n) is 1.57. The maximum atomic E-state index is 13.1. The van der Waals surface area contributed by atoms with Gasteiger partial charge in [-0.2, -0.15) is 0 Å². The minimum absolute atomic E-state index is 0.139. The molecule has 0 spiro atoms. The van der Waals surface area contributed by atoms with E-state index in [1.165, 1.54) is 12.1 Å². The van der Waals surface area contributed by atoms with E-state index >= 15 is 0 Å². The highest BCUT2D eigenvalue weighted by atomic mass is 19.1. The molecule has 5 heteroatoms. The first kappa shape index (κ1) is 10.9. The van der Waals surface area contributed by atoms with Gasteiger partial charge in [0.05, 0.1) is 11.0 Å². The van der Waals surface area contributed by atoms with Crippen molar-refractivity contribution in [3.8, 4) is 0 Å². The number of anilines is 1. The monoisotopic (exact) mass is 222 g/mol. The lowest BCUT2D eigenvalue weighted by atomic mass is 10.3. The summed E-state index contributed by atoms with van der Waals surface area (Å²) in [5.41, 5.74) is 7.07. The zero-order valence-electron chi connectivity index (χ0n) is 9.37. The second-order valence-electron chi connectivity index (χ2n) is 3.91. The van der Waals surface area contributed by atoms with Gasteiger partial charge in [0.15, 0.2) is 0 Å². The summed E-state index contributed by atoms with van der Waals surface area (Å²) in [5.74, 6) is 0.451. The van der Waals surface area contributed by atoms with Crippen LogP contribution in [-0.4, -0.2) is 22.1 Å². The fourth-order valence-corrected chi connectivity index (χ4v) is 1.57. The molecule has 3 N–H and O–H groups in total. The van der Waals surface area contributed by atoms with Gasteiger partial charge in [-0.25, -0.2) is 9.37 Å². The van der Waals surface area contributed by atoms with Gasteiger partial charge in [0, 0.05) is 19.6 Å². The number of benzene rings is 1. The van der Waals surface area contributed by atoms with Gasteiger partial charge in [0.1, 0.15) is 5.82 Å². The van der Waals surface area contributed by atoms with E-state index in [2.05, 4.69) is 10.3 Å². The van der Waals surface area contributed by atoms with Gasteiger partial charge >= 0.3 is 0 Å². The Balaban J connectivity index is 2.44. The minimum Gasteiger partial charge on any atom is -0.352 e. The molecule has 1 aromatic carbocycles. The number of hydrogen-bond donors (Lipinski definition) is 2. The van der Waals surface area contributed by atoms with Crippen molar-refractivity contribution in [1.82, 2.24) is 9.55 Å². The Bertz CT molecular complexity index is 506. The van der Waals surface area contributed by atoms with Crippen molar-refractivity contribution >= 4 is 17.0 Å². The molecule has 16 heavy (non-hydrogen) atoms. The molecule has 0 aliphatic heterocycles. The van der Waals surface area contributed by atoms with Crippen LogP contribution in [0.3, 0.4) is 0 Å². The zero-order valence-corrected chi connectivity index (χ0v) is 9.37. The number of hydrogen-bond acceptors (Lipinski definition) is 3. The molecule has 2 aromatic rings. The lowest BCUT2D eigenvalue weighted by Crippen LogP contribution is -2.26. The average Bonchev–Trinajstić information content (AvgIpc) is 2.56. The molecule has 0 amide bonds. The Labute approximate surface area is 93.3 Å². The first-order valence-corrected chi connectivity index (χ1v) is 5.20. The maximum absolute atomic E-state index is 13.1. The summed E-state index contributed by atoms with van der Waals surface area (Å²) >= 11 is 0. The van der Waals surface area contributed by atoms with Crippen molar-refractivity contribution in [2.45, 2.75) is 13.0 Å². The molecule has 2 rings (SSSR count). The van der Waals surface area contributed by atoms with Crippen molar-refractivity contribution in [2.75, 3.05) is 11.9 Å². The number of halogens is 1. The summed E-state index contributed by atoms with van der Waals surface area (Å²) in [6.45, 7) is 2.50. The Kier molecular flexibility index (Phi) is 2.78. The van der Waals surface area contributed by atoms with E-state index in [4.69, 9.17) is 5.73 Å². The number of fused-ring (bicyclic) bond motifs is 1. The van der Waals surface area contributed by atoms with Crippen LogP contribution in [0.2, 0.25) is 0 Å². The van der Waals surface area contributed by atoms with Crippen molar-refractivity contribution in [3.05, 3.63) is 24.0 Å². The zero-order chi connectivity index (χ0) is 11.7. The number of aromatic nitrogens is 2. The molecular formula is C11H15FN4. The van der Waals surface area contributed by atoms with Crippen LogP contribution >= 0.6 is 0 Å². The van der Waals surface area contributed by atoms with Gasteiger partial charge in [-0.05, 0) is 25.1 Å². The quantitative estimate of drug-likeness (QED) is 0.826. The lowest BCUT2D eigenvalue weighted by molar-refractivity contribution is 0.629. The summed E-state index contributed by atoms with van der Waals surface area (Å²) in [4.78, 5) is 4.37. The first-order chi connectivity index (χ1) is 7.61. The molecule has 86 valence electrons. The molecule has 0 saturated carbocycles. The van der Waals surface area contributed by atoms with Crippen molar-refractivity contribution in [1.29, 1.82) is 0 Å². The Morgan fingerprint density at radius 1 is 1.56 bits per heavy atom. The number of rotatable bonds is 3. The topological polar surface area (TPSA) is 55.9 Å². The van der Waals surface area contributed by atoms with Gasteiger partial charge < -0.3 is 15.6 Å². The molecule has 1 heterocycles. The van der Waals surface area contributed by atoms with Crippen LogP contribution in [0.15, 0.2) is 18.2 Å². The Hall–Kier alpha value is -1.62. The van der Waals surface area contributed by atoms with Crippen LogP contribution in [0.25, 0.3) is 11.0 Å². The van der Waals surface area contributed by atoms with Crippen LogP contribution in [0.5, 0.6) is 0 Å². The molecule has 0 aliphatic rings. The van der Waals surface area contributed by atoms with E-state index in [0.717, 1.165) is 11.0 Å². The van der Waals surface area contributed by atoms with E-state index in [0.29, 0.717) is 12.5 Å². The normalized spacial score (nSPS) is 13.0. The van der Waals surface area contributed by atoms with Gasteiger partial charge in [-0.15, -0.1) is 0 Å². The predicted molar refractivity (Wildman–Crippen MR) is 62.8 cm³/mol. The third kappa shape index (κ3) is 1.86. The smallest absolute Gasteiger partial charge is 0.203 e. The second kappa shape index (κ2) is 4.09. The molecule has 0 aliphatic carbocycles. The molecule has 1 aromatic heterocycles. The third-order valence-electron chi connectivity index (χ3n) is 2.57. The maximum Gasteiger partial charge on any atom is 0.203 e. The molecule has 1 unspecified atom stereocenters. The number of imidazole rings is 1. The summed E-state index contributed by atoms with van der Waals surface area (Å²) < 4.78 is 14.9. The summed E-state index contributed by atoms with van der Waals surface area (Å²) in [5, 5.41) is 3.17. The van der Waals surface area contributed by atoms with Crippen molar-refractivity contribution < 1.29 is 4.39 Å². The molecule has 0 fully saturated rings. The number of aryl methyl sites for hydroxylation is 1. The van der Waals surface area contributed by atoms with Gasteiger partial charge in [0.25, 0.3) is 0 Å². The highest BCUT2D eigenvalue weighted by Gasteiger charge is 2.09. The number of nitrogens with zero attached hydrogens (tertiary/aromatic N) is 2. The van der Waals surface area contributed by atoms with Gasteiger partial charge in [-0.1, -0.05) is 0 Å². The van der Waals surface area contributed by atoms with E-state index in [1.54, 1.807) is 6.07 Å². The third-order valence-corrected chi connectivity index (χ3v) is 2.57. The van der Waals surface area contributed by atoms with Gasteiger partial charge in [-0.3, -0.25) is 0 Å². The fraction of sp³-hybridized carbons (Fsp3) is 0.364. The SMILES string of the molecule is CC(CN)Nc1nc2ccc(F)cc2n1C. The van der Waals surface area contributed by atoms with Crippen molar-refractivity contribution in [3.63, 3.8) is 0 Å². The van der Waals surface area contributed by atoms with Crippen molar-refractivity contribution in [2.24, 2.45) is 12.8 Å². The molecule has 0 radical (unpaired) electrons.